The van der Waals surface area contributed by atoms with Crippen molar-refractivity contribution in [1.29, 1.82) is 0 Å². The third kappa shape index (κ3) is 8.65. The van der Waals surface area contributed by atoms with Crippen LogP contribution >= 0.6 is 0 Å². The number of hydrogen-bond donors (Lipinski definition) is 1. The Labute approximate surface area is 197 Å². The predicted molar refractivity (Wildman–Crippen MR) is 123 cm³/mol. The van der Waals surface area contributed by atoms with Crippen molar-refractivity contribution < 1.29 is 33.6 Å². The minimum atomic E-state index is -0.604. The number of hydrogen-bond acceptors (Lipinski definition) is 7. The molecule has 0 saturated carbocycles. The zero-order chi connectivity index (χ0) is 23.8. The molecule has 2 heterocycles. The molecule has 2 aliphatic rings. The summed E-state index contributed by atoms with van der Waals surface area (Å²) in [5.41, 5.74) is 1.02. The normalized spacial score (nSPS) is 32.2. The van der Waals surface area contributed by atoms with E-state index in [1.54, 1.807) is 6.92 Å². The van der Waals surface area contributed by atoms with Crippen LogP contribution in [0.2, 0.25) is 0 Å². The van der Waals surface area contributed by atoms with Gasteiger partial charge in [0.25, 0.3) is 0 Å². The summed E-state index contributed by atoms with van der Waals surface area (Å²) in [6.07, 6.45) is 3.35. The van der Waals surface area contributed by atoms with Crippen LogP contribution in [0.3, 0.4) is 0 Å². The summed E-state index contributed by atoms with van der Waals surface area (Å²) in [4.78, 5) is 11.1. The standard InChI is InChI=1S/C26H40O7/c1-5-9-25-31-23(14-21(28)12-17(2)29-19(4)27)16-24(32-25)15-22-13-18(3)30-26(33-22)20-10-7-6-8-11-20/h6-8,10-11,17-18,21-26,28H,5,9,12-16H2,1-4H3. The lowest BCUT2D eigenvalue weighted by Crippen LogP contribution is -2.43. The number of benzene rings is 1. The number of rotatable bonds is 10. The molecule has 7 heteroatoms. The molecule has 8 unspecified atom stereocenters. The van der Waals surface area contributed by atoms with Gasteiger partial charge in [-0.2, -0.15) is 0 Å². The van der Waals surface area contributed by atoms with E-state index in [2.05, 4.69) is 13.8 Å². The van der Waals surface area contributed by atoms with Gasteiger partial charge < -0.3 is 28.8 Å². The topological polar surface area (TPSA) is 83.5 Å². The van der Waals surface area contributed by atoms with E-state index in [0.29, 0.717) is 19.3 Å². The van der Waals surface area contributed by atoms with Crippen molar-refractivity contribution in [2.24, 2.45) is 0 Å². The number of carbonyl (C=O) groups is 1. The van der Waals surface area contributed by atoms with Crippen LogP contribution in [0.5, 0.6) is 0 Å². The Kier molecular flexibility index (Phi) is 10.1. The van der Waals surface area contributed by atoms with Gasteiger partial charge in [0.05, 0.1) is 30.5 Å². The minimum Gasteiger partial charge on any atom is -0.463 e. The van der Waals surface area contributed by atoms with Gasteiger partial charge in [0.15, 0.2) is 12.6 Å². The maximum absolute atomic E-state index is 11.1. The molecule has 1 N–H and O–H groups in total. The summed E-state index contributed by atoms with van der Waals surface area (Å²) < 4.78 is 29.9. The molecule has 1 aromatic carbocycles. The summed E-state index contributed by atoms with van der Waals surface area (Å²) in [5, 5.41) is 10.6. The quantitative estimate of drug-likeness (QED) is 0.504. The van der Waals surface area contributed by atoms with Gasteiger partial charge >= 0.3 is 5.97 Å². The lowest BCUT2D eigenvalue weighted by molar-refractivity contribution is -0.275. The van der Waals surface area contributed by atoms with Crippen LogP contribution < -0.4 is 0 Å². The van der Waals surface area contributed by atoms with Crippen molar-refractivity contribution >= 4 is 5.97 Å². The molecule has 2 saturated heterocycles. The van der Waals surface area contributed by atoms with Gasteiger partial charge in [0.1, 0.15) is 6.10 Å². The molecule has 2 aliphatic heterocycles. The second-order valence-corrected chi connectivity index (χ2v) is 9.43. The smallest absolute Gasteiger partial charge is 0.302 e. The van der Waals surface area contributed by atoms with Gasteiger partial charge in [-0.15, -0.1) is 0 Å². The fourth-order valence-corrected chi connectivity index (χ4v) is 4.77. The lowest BCUT2D eigenvalue weighted by atomic mass is 9.95. The molecule has 0 aliphatic carbocycles. The molecule has 186 valence electrons. The third-order valence-electron chi connectivity index (χ3n) is 6.11. The summed E-state index contributed by atoms with van der Waals surface area (Å²) in [6.45, 7) is 7.37. The molecule has 0 spiro atoms. The molecule has 7 nitrogen and oxygen atoms in total. The number of aliphatic hydroxyl groups excluding tert-OH is 1. The van der Waals surface area contributed by atoms with Crippen LogP contribution in [0.4, 0.5) is 0 Å². The van der Waals surface area contributed by atoms with Crippen LogP contribution in [-0.2, 0) is 28.5 Å². The van der Waals surface area contributed by atoms with E-state index in [1.807, 2.05) is 30.3 Å². The van der Waals surface area contributed by atoms with Gasteiger partial charge in [0.2, 0.25) is 0 Å². The average Bonchev–Trinajstić information content (AvgIpc) is 2.73. The summed E-state index contributed by atoms with van der Waals surface area (Å²) >= 11 is 0. The van der Waals surface area contributed by atoms with E-state index < -0.39 is 6.10 Å². The number of carbonyl (C=O) groups excluding carboxylic acids is 1. The van der Waals surface area contributed by atoms with Gasteiger partial charge in [0, 0.05) is 31.7 Å². The molecule has 0 radical (unpaired) electrons. The largest absolute Gasteiger partial charge is 0.463 e. The number of ether oxygens (including phenoxy) is 5. The molecule has 33 heavy (non-hydrogen) atoms. The summed E-state index contributed by atoms with van der Waals surface area (Å²) in [5.74, 6) is -0.334. The van der Waals surface area contributed by atoms with Gasteiger partial charge in [-0.3, -0.25) is 4.79 Å². The van der Waals surface area contributed by atoms with Crippen LogP contribution in [0.25, 0.3) is 0 Å². The highest BCUT2D eigenvalue weighted by Gasteiger charge is 2.36. The monoisotopic (exact) mass is 464 g/mol. The van der Waals surface area contributed by atoms with Gasteiger partial charge in [-0.1, -0.05) is 43.7 Å². The maximum atomic E-state index is 11.1. The number of aliphatic hydroxyl groups is 1. The molecular weight excluding hydrogens is 424 g/mol. The van der Waals surface area contributed by atoms with E-state index in [1.165, 1.54) is 6.92 Å². The second kappa shape index (κ2) is 12.8. The van der Waals surface area contributed by atoms with E-state index >= 15 is 0 Å². The molecule has 0 bridgehead atoms. The first-order valence-electron chi connectivity index (χ1n) is 12.3. The molecule has 0 amide bonds. The Bertz CT molecular complexity index is 712. The van der Waals surface area contributed by atoms with Crippen molar-refractivity contribution in [3.05, 3.63) is 35.9 Å². The summed E-state index contributed by atoms with van der Waals surface area (Å²) in [6, 6.07) is 10.0. The van der Waals surface area contributed by atoms with Crippen LogP contribution in [0.1, 0.15) is 84.5 Å². The highest BCUT2D eigenvalue weighted by Crippen LogP contribution is 2.34. The van der Waals surface area contributed by atoms with Gasteiger partial charge in [-0.05, 0) is 33.1 Å². The summed E-state index contributed by atoms with van der Waals surface area (Å²) in [7, 11) is 0. The first-order chi connectivity index (χ1) is 15.8. The first-order valence-corrected chi connectivity index (χ1v) is 12.3. The Balaban J connectivity index is 1.57. The lowest BCUT2D eigenvalue weighted by Gasteiger charge is -2.40. The first kappa shape index (κ1) is 26.1. The van der Waals surface area contributed by atoms with Crippen molar-refractivity contribution in [2.45, 2.75) is 122 Å². The van der Waals surface area contributed by atoms with E-state index in [-0.39, 0.29) is 49.1 Å². The van der Waals surface area contributed by atoms with Crippen LogP contribution in [-0.4, -0.2) is 54.0 Å². The molecule has 0 aromatic heterocycles. The molecule has 2 fully saturated rings. The zero-order valence-corrected chi connectivity index (χ0v) is 20.4. The Morgan fingerprint density at radius 1 is 1.09 bits per heavy atom. The van der Waals surface area contributed by atoms with E-state index in [9.17, 15) is 9.90 Å². The number of esters is 1. The molecular formula is C26H40O7. The van der Waals surface area contributed by atoms with Crippen molar-refractivity contribution in [1.82, 2.24) is 0 Å². The molecule has 1 aromatic rings. The average molecular weight is 465 g/mol. The second-order valence-electron chi connectivity index (χ2n) is 9.43. The minimum absolute atomic E-state index is 0.00915. The SMILES string of the molecule is CCCC1OC(CC(O)CC(C)OC(C)=O)CC(CC2CC(C)OC(c3ccccc3)O2)O1. The Morgan fingerprint density at radius 3 is 2.48 bits per heavy atom. The van der Waals surface area contributed by atoms with E-state index in [4.69, 9.17) is 23.7 Å². The van der Waals surface area contributed by atoms with Crippen LogP contribution in [0.15, 0.2) is 30.3 Å². The molecule has 8 atom stereocenters. The maximum Gasteiger partial charge on any atom is 0.302 e. The Morgan fingerprint density at radius 2 is 1.79 bits per heavy atom. The van der Waals surface area contributed by atoms with E-state index in [0.717, 1.165) is 31.2 Å². The predicted octanol–water partition coefficient (Wildman–Crippen LogP) is 4.66. The van der Waals surface area contributed by atoms with Gasteiger partial charge in [-0.25, -0.2) is 0 Å². The fraction of sp³-hybridized carbons (Fsp3) is 0.731. The fourth-order valence-electron chi connectivity index (χ4n) is 4.77. The third-order valence-corrected chi connectivity index (χ3v) is 6.11. The highest BCUT2D eigenvalue weighted by molar-refractivity contribution is 5.66. The van der Waals surface area contributed by atoms with Crippen LogP contribution in [0, 0.1) is 0 Å². The van der Waals surface area contributed by atoms with Crippen molar-refractivity contribution in [3.63, 3.8) is 0 Å². The zero-order valence-electron chi connectivity index (χ0n) is 20.4. The highest BCUT2D eigenvalue weighted by atomic mass is 16.7. The molecule has 3 rings (SSSR count). The van der Waals surface area contributed by atoms with Crippen molar-refractivity contribution in [2.75, 3.05) is 0 Å². The Hall–Kier alpha value is -1.51. The van der Waals surface area contributed by atoms with Crippen molar-refractivity contribution in [3.8, 4) is 0 Å².